The maximum absolute atomic E-state index is 11.2. The van der Waals surface area contributed by atoms with Gasteiger partial charge in [-0.1, -0.05) is 0 Å². The van der Waals surface area contributed by atoms with E-state index in [0.717, 1.165) is 0 Å². The Bertz CT molecular complexity index is 619. The predicted octanol–water partition coefficient (Wildman–Crippen LogP) is 0.627. The summed E-state index contributed by atoms with van der Waals surface area (Å²) in [5.74, 6) is -0.204. The molecule has 1 heterocycles. The van der Waals surface area contributed by atoms with E-state index < -0.39 is 11.5 Å². The van der Waals surface area contributed by atoms with Gasteiger partial charge >= 0.3 is 5.97 Å². The van der Waals surface area contributed by atoms with E-state index in [1.165, 1.54) is 13.0 Å². The molecular formula is C16H22N2O6. The Hall–Kier alpha value is -2.32. The van der Waals surface area contributed by atoms with E-state index in [1.54, 1.807) is 19.2 Å². The maximum atomic E-state index is 11.2. The average Bonchev–Trinajstić information content (AvgIpc) is 2.94. The molecule has 1 atom stereocenters. The highest BCUT2D eigenvalue weighted by atomic mass is 16.5. The van der Waals surface area contributed by atoms with Gasteiger partial charge in [-0.2, -0.15) is 0 Å². The second-order valence-corrected chi connectivity index (χ2v) is 5.53. The molecule has 24 heavy (non-hydrogen) atoms. The average molecular weight is 338 g/mol. The Balaban J connectivity index is 1.94. The fourth-order valence-electron chi connectivity index (χ4n) is 2.12. The summed E-state index contributed by atoms with van der Waals surface area (Å²) in [6.45, 7) is 3.48. The Morgan fingerprint density at radius 3 is 2.71 bits per heavy atom. The number of aliphatic carboxylic acids is 1. The topological polar surface area (TPSA) is 110 Å². The molecule has 1 aromatic rings. The third-order valence-corrected chi connectivity index (χ3v) is 3.57. The van der Waals surface area contributed by atoms with Crippen LogP contribution in [0.25, 0.3) is 0 Å². The highest BCUT2D eigenvalue weighted by molar-refractivity contribution is 6.04. The van der Waals surface area contributed by atoms with Gasteiger partial charge in [-0.05, 0) is 19.1 Å². The second-order valence-electron chi connectivity index (χ2n) is 5.53. The fourth-order valence-corrected chi connectivity index (χ4v) is 2.12. The van der Waals surface area contributed by atoms with Crippen molar-refractivity contribution < 1.29 is 29.2 Å². The molecule has 0 aliphatic carbocycles. The van der Waals surface area contributed by atoms with Crippen LogP contribution < -0.4 is 10.1 Å². The van der Waals surface area contributed by atoms with Crippen molar-refractivity contribution in [2.45, 2.75) is 12.5 Å². The van der Waals surface area contributed by atoms with Crippen molar-refractivity contribution >= 4 is 11.8 Å². The number of aromatic hydroxyl groups is 1. The lowest BCUT2D eigenvalue weighted by atomic mass is 10.1. The molecule has 3 N–H and O–H groups in total. The van der Waals surface area contributed by atoms with Crippen molar-refractivity contribution in [1.82, 2.24) is 5.32 Å². The number of methoxy groups -OCH3 is 1. The van der Waals surface area contributed by atoms with Gasteiger partial charge < -0.3 is 29.7 Å². The second kappa shape index (κ2) is 7.98. The van der Waals surface area contributed by atoms with Crippen molar-refractivity contribution in [2.24, 2.45) is 4.99 Å². The van der Waals surface area contributed by atoms with Crippen LogP contribution in [0.5, 0.6) is 11.5 Å². The number of hydrogen-bond acceptors (Lipinski definition) is 7. The maximum Gasteiger partial charge on any atom is 0.333 e. The van der Waals surface area contributed by atoms with Crippen LogP contribution in [0.1, 0.15) is 12.5 Å². The molecule has 0 saturated heterocycles. The minimum atomic E-state index is -1.23. The van der Waals surface area contributed by atoms with Crippen LogP contribution in [0.15, 0.2) is 23.2 Å². The van der Waals surface area contributed by atoms with Crippen LogP contribution in [0, 0.1) is 0 Å². The van der Waals surface area contributed by atoms with Crippen molar-refractivity contribution in [3.63, 3.8) is 0 Å². The number of phenols is 1. The molecule has 132 valence electrons. The number of carbonyl (C=O) groups is 1. The summed E-state index contributed by atoms with van der Waals surface area (Å²) in [7, 11) is 1.60. The third-order valence-electron chi connectivity index (χ3n) is 3.57. The minimum Gasteiger partial charge on any atom is -0.507 e. The van der Waals surface area contributed by atoms with Crippen molar-refractivity contribution in [3.05, 3.63) is 23.8 Å². The summed E-state index contributed by atoms with van der Waals surface area (Å²) in [6, 6.07) is 4.78. The van der Waals surface area contributed by atoms with Crippen molar-refractivity contribution in [2.75, 3.05) is 40.1 Å². The molecule has 0 fully saturated rings. The molecule has 0 bridgehead atoms. The zero-order chi connectivity index (χ0) is 17.6. The van der Waals surface area contributed by atoms with Crippen LogP contribution in [-0.2, 0) is 14.3 Å². The molecule has 1 aliphatic heterocycles. The molecule has 0 spiro atoms. The zero-order valence-corrected chi connectivity index (χ0v) is 13.7. The molecule has 0 saturated carbocycles. The molecule has 0 amide bonds. The number of amidine groups is 1. The first kappa shape index (κ1) is 18.0. The Labute approximate surface area is 140 Å². The molecule has 0 radical (unpaired) electrons. The molecule has 1 aliphatic rings. The van der Waals surface area contributed by atoms with E-state index >= 15 is 0 Å². The van der Waals surface area contributed by atoms with Gasteiger partial charge in [0.1, 0.15) is 23.9 Å². The van der Waals surface area contributed by atoms with E-state index in [9.17, 15) is 15.0 Å². The summed E-state index contributed by atoms with van der Waals surface area (Å²) in [4.78, 5) is 15.4. The molecule has 0 aromatic heterocycles. The normalized spacial score (nSPS) is 19.7. The van der Waals surface area contributed by atoms with Crippen LogP contribution in [-0.4, -0.2) is 67.6 Å². The lowest BCUT2D eigenvalue weighted by Crippen LogP contribution is -2.37. The van der Waals surface area contributed by atoms with Crippen molar-refractivity contribution in [1.29, 1.82) is 0 Å². The summed E-state index contributed by atoms with van der Waals surface area (Å²) in [5.41, 5.74) is -0.792. The number of carboxylic acids is 1. The summed E-state index contributed by atoms with van der Waals surface area (Å²) in [5, 5.41) is 22.2. The molecule has 1 unspecified atom stereocenters. The van der Waals surface area contributed by atoms with Gasteiger partial charge in [-0.25, -0.2) is 9.79 Å². The van der Waals surface area contributed by atoms with Crippen LogP contribution >= 0.6 is 0 Å². The molecule has 1 aromatic carbocycles. The number of benzene rings is 1. The number of ether oxygens (including phenoxy) is 3. The van der Waals surface area contributed by atoms with E-state index in [4.69, 9.17) is 14.2 Å². The first-order valence-electron chi connectivity index (χ1n) is 7.56. The smallest absolute Gasteiger partial charge is 0.333 e. The van der Waals surface area contributed by atoms with Crippen LogP contribution in [0.2, 0.25) is 0 Å². The zero-order valence-electron chi connectivity index (χ0n) is 13.7. The van der Waals surface area contributed by atoms with Crippen LogP contribution in [0.3, 0.4) is 0 Å². The highest BCUT2D eigenvalue weighted by Gasteiger charge is 2.38. The summed E-state index contributed by atoms with van der Waals surface area (Å²) in [6.07, 6.45) is 0. The van der Waals surface area contributed by atoms with Gasteiger partial charge in [0.2, 0.25) is 0 Å². The highest BCUT2D eigenvalue weighted by Crippen LogP contribution is 2.27. The lowest BCUT2D eigenvalue weighted by Gasteiger charge is -2.11. The molecule has 8 heteroatoms. The largest absolute Gasteiger partial charge is 0.507 e. The van der Waals surface area contributed by atoms with Gasteiger partial charge in [0, 0.05) is 13.2 Å². The third kappa shape index (κ3) is 4.36. The minimum absolute atomic E-state index is 0.0336. The van der Waals surface area contributed by atoms with Gasteiger partial charge in [-0.15, -0.1) is 0 Å². The van der Waals surface area contributed by atoms with Gasteiger partial charge in [0.15, 0.2) is 5.54 Å². The van der Waals surface area contributed by atoms with Gasteiger partial charge in [-0.3, -0.25) is 0 Å². The number of hydrogen-bond donors (Lipinski definition) is 3. The first-order chi connectivity index (χ1) is 11.5. The Kier molecular flexibility index (Phi) is 5.99. The number of carboxylic acid groups (broad SMARTS) is 1. The summed E-state index contributed by atoms with van der Waals surface area (Å²) < 4.78 is 15.6. The summed E-state index contributed by atoms with van der Waals surface area (Å²) >= 11 is 0. The number of phenolic OH excluding ortho intramolecular Hbond substituents is 1. The first-order valence-corrected chi connectivity index (χ1v) is 7.56. The van der Waals surface area contributed by atoms with E-state index in [-0.39, 0.29) is 12.3 Å². The quantitative estimate of drug-likeness (QED) is 0.566. The molecule has 2 rings (SSSR count). The molecule has 8 nitrogen and oxygen atoms in total. The Morgan fingerprint density at radius 1 is 1.33 bits per heavy atom. The van der Waals surface area contributed by atoms with Crippen LogP contribution in [0.4, 0.5) is 0 Å². The number of aliphatic imine (C=N–C) groups is 1. The fraction of sp³-hybridized carbons (Fsp3) is 0.500. The molecular weight excluding hydrogens is 316 g/mol. The standard InChI is InChI=1S/C16H22N2O6/c1-16(15(20)21)10-17-14(18-16)12-4-3-11(9-13(12)19)24-8-7-23-6-5-22-2/h3-4,9,19H,5-8,10H2,1-2H3,(H,17,18)(H,20,21). The predicted molar refractivity (Wildman–Crippen MR) is 86.9 cm³/mol. The number of nitrogens with zero attached hydrogens (tertiary/aromatic N) is 1. The SMILES string of the molecule is COCCOCCOc1ccc(C2=NC(C)(C(=O)O)CN2)c(O)c1. The van der Waals surface area contributed by atoms with Crippen molar-refractivity contribution in [3.8, 4) is 11.5 Å². The van der Waals surface area contributed by atoms with E-state index in [1.807, 2.05) is 0 Å². The van der Waals surface area contributed by atoms with E-state index in [2.05, 4.69) is 10.3 Å². The monoisotopic (exact) mass is 338 g/mol. The van der Waals surface area contributed by atoms with Gasteiger partial charge in [0.25, 0.3) is 0 Å². The Morgan fingerprint density at radius 2 is 2.08 bits per heavy atom. The lowest BCUT2D eigenvalue weighted by molar-refractivity contribution is -0.141. The number of nitrogens with one attached hydrogen (secondary N) is 1. The van der Waals surface area contributed by atoms with Gasteiger partial charge in [0.05, 0.1) is 31.9 Å². The number of rotatable bonds is 9. The van der Waals surface area contributed by atoms with E-state index in [0.29, 0.717) is 43.6 Å².